The number of benzene rings is 2. The summed E-state index contributed by atoms with van der Waals surface area (Å²) < 4.78 is 11.1. The Morgan fingerprint density at radius 1 is 1.04 bits per heavy atom. The summed E-state index contributed by atoms with van der Waals surface area (Å²) in [6, 6.07) is 15.1. The molecule has 27 heavy (non-hydrogen) atoms. The van der Waals surface area contributed by atoms with Gasteiger partial charge in [0.25, 0.3) is 5.91 Å². The largest absolute Gasteiger partial charge is 0.490 e. The first-order valence-electron chi connectivity index (χ1n) is 8.86. The summed E-state index contributed by atoms with van der Waals surface area (Å²) in [6.45, 7) is 6.83. The second-order valence-corrected chi connectivity index (χ2v) is 6.97. The van der Waals surface area contributed by atoms with Gasteiger partial charge in [-0.05, 0) is 39.0 Å². The van der Waals surface area contributed by atoms with Crippen LogP contribution in [0.2, 0.25) is 0 Å². The Hall–Kier alpha value is -2.86. The van der Waals surface area contributed by atoms with Crippen LogP contribution in [0.25, 0.3) is 11.3 Å². The SMILES string of the molecule is CCOc1ccc(C(=O)Nc2nc(-c3ccccc3)c(C)s2)cc1OCC. The molecule has 0 saturated heterocycles. The molecule has 0 radical (unpaired) electrons. The van der Waals surface area contributed by atoms with Crippen molar-refractivity contribution in [3.05, 3.63) is 59.0 Å². The predicted molar refractivity (Wildman–Crippen MR) is 109 cm³/mol. The van der Waals surface area contributed by atoms with Crippen LogP contribution in [0.1, 0.15) is 29.1 Å². The molecule has 3 rings (SSSR count). The Kier molecular flexibility index (Phi) is 6.08. The number of aryl methyl sites for hydroxylation is 1. The maximum atomic E-state index is 12.7. The maximum Gasteiger partial charge on any atom is 0.257 e. The molecule has 0 aliphatic rings. The van der Waals surface area contributed by atoms with E-state index < -0.39 is 0 Å². The smallest absolute Gasteiger partial charge is 0.257 e. The fourth-order valence-electron chi connectivity index (χ4n) is 2.68. The van der Waals surface area contributed by atoms with E-state index in [-0.39, 0.29) is 5.91 Å². The van der Waals surface area contributed by atoms with E-state index in [2.05, 4.69) is 10.3 Å². The Bertz CT molecular complexity index is 922. The van der Waals surface area contributed by atoms with E-state index in [0.717, 1.165) is 16.1 Å². The van der Waals surface area contributed by atoms with Gasteiger partial charge in [0.2, 0.25) is 0 Å². The molecular weight excluding hydrogens is 360 g/mol. The lowest BCUT2D eigenvalue weighted by Gasteiger charge is -2.12. The molecule has 0 atom stereocenters. The van der Waals surface area contributed by atoms with Crippen LogP contribution >= 0.6 is 11.3 Å². The Labute approximate surface area is 163 Å². The summed E-state index contributed by atoms with van der Waals surface area (Å²) in [7, 11) is 0. The van der Waals surface area contributed by atoms with Gasteiger partial charge < -0.3 is 9.47 Å². The summed E-state index contributed by atoms with van der Waals surface area (Å²) in [4.78, 5) is 18.3. The highest BCUT2D eigenvalue weighted by molar-refractivity contribution is 7.16. The van der Waals surface area contributed by atoms with Crippen molar-refractivity contribution in [2.45, 2.75) is 20.8 Å². The minimum atomic E-state index is -0.229. The summed E-state index contributed by atoms with van der Waals surface area (Å²) in [5.74, 6) is 0.965. The van der Waals surface area contributed by atoms with E-state index in [4.69, 9.17) is 9.47 Å². The first-order chi connectivity index (χ1) is 13.1. The lowest BCUT2D eigenvalue weighted by atomic mass is 10.1. The van der Waals surface area contributed by atoms with E-state index in [1.165, 1.54) is 11.3 Å². The second kappa shape index (κ2) is 8.68. The van der Waals surface area contributed by atoms with Crippen molar-refractivity contribution in [3.8, 4) is 22.8 Å². The van der Waals surface area contributed by atoms with Gasteiger partial charge in [-0.2, -0.15) is 0 Å². The van der Waals surface area contributed by atoms with E-state index in [9.17, 15) is 4.79 Å². The molecular formula is C21H22N2O3S. The molecule has 0 saturated carbocycles. The molecule has 0 bridgehead atoms. The van der Waals surface area contributed by atoms with Crippen molar-refractivity contribution in [2.24, 2.45) is 0 Å². The van der Waals surface area contributed by atoms with Crippen LogP contribution in [-0.4, -0.2) is 24.1 Å². The Morgan fingerprint density at radius 3 is 2.44 bits per heavy atom. The third kappa shape index (κ3) is 4.46. The molecule has 0 spiro atoms. The number of carbonyl (C=O) groups excluding carboxylic acids is 1. The molecule has 0 aliphatic carbocycles. The average molecular weight is 382 g/mol. The number of rotatable bonds is 7. The van der Waals surface area contributed by atoms with Gasteiger partial charge in [0.15, 0.2) is 16.6 Å². The molecule has 1 amide bonds. The van der Waals surface area contributed by atoms with Gasteiger partial charge in [-0.25, -0.2) is 4.98 Å². The first kappa shape index (κ1) is 18.9. The molecule has 5 nitrogen and oxygen atoms in total. The number of amides is 1. The Balaban J connectivity index is 1.80. The molecule has 1 heterocycles. The van der Waals surface area contributed by atoms with Gasteiger partial charge in [-0.15, -0.1) is 11.3 Å². The summed E-state index contributed by atoms with van der Waals surface area (Å²) >= 11 is 1.46. The molecule has 140 valence electrons. The normalized spacial score (nSPS) is 10.5. The minimum absolute atomic E-state index is 0.229. The minimum Gasteiger partial charge on any atom is -0.490 e. The highest BCUT2D eigenvalue weighted by atomic mass is 32.1. The lowest BCUT2D eigenvalue weighted by Crippen LogP contribution is -2.12. The third-order valence-corrected chi connectivity index (χ3v) is 4.76. The predicted octanol–water partition coefficient (Wildman–Crippen LogP) is 5.17. The maximum absolute atomic E-state index is 12.7. The number of ether oxygens (including phenoxy) is 2. The summed E-state index contributed by atoms with van der Waals surface area (Å²) in [5.41, 5.74) is 2.42. The molecule has 1 N–H and O–H groups in total. The fraction of sp³-hybridized carbons (Fsp3) is 0.238. The van der Waals surface area contributed by atoms with Crippen molar-refractivity contribution >= 4 is 22.4 Å². The number of carbonyl (C=O) groups is 1. The molecule has 6 heteroatoms. The van der Waals surface area contributed by atoms with Crippen LogP contribution in [-0.2, 0) is 0 Å². The topological polar surface area (TPSA) is 60.5 Å². The van der Waals surface area contributed by atoms with Crippen molar-refractivity contribution < 1.29 is 14.3 Å². The van der Waals surface area contributed by atoms with E-state index in [1.807, 2.05) is 51.1 Å². The first-order valence-corrected chi connectivity index (χ1v) is 9.67. The monoisotopic (exact) mass is 382 g/mol. The molecule has 0 unspecified atom stereocenters. The van der Waals surface area contributed by atoms with Gasteiger partial charge >= 0.3 is 0 Å². The van der Waals surface area contributed by atoms with Gasteiger partial charge in [0, 0.05) is 16.0 Å². The standard InChI is InChI=1S/C21H22N2O3S/c1-4-25-17-12-11-16(13-18(17)26-5-2)20(24)23-21-22-19(14(3)27-21)15-9-7-6-8-10-15/h6-13H,4-5H2,1-3H3,(H,22,23,24). The molecule has 0 aliphatic heterocycles. The zero-order valence-corrected chi connectivity index (χ0v) is 16.4. The highest BCUT2D eigenvalue weighted by Crippen LogP contribution is 2.32. The zero-order valence-electron chi connectivity index (χ0n) is 15.6. The van der Waals surface area contributed by atoms with Gasteiger partial charge in [-0.1, -0.05) is 30.3 Å². The van der Waals surface area contributed by atoms with Gasteiger partial charge in [0.05, 0.1) is 18.9 Å². The lowest BCUT2D eigenvalue weighted by molar-refractivity contribution is 0.102. The van der Waals surface area contributed by atoms with Crippen LogP contribution in [0, 0.1) is 6.92 Å². The number of aromatic nitrogens is 1. The van der Waals surface area contributed by atoms with Crippen molar-refractivity contribution in [3.63, 3.8) is 0 Å². The molecule has 1 aromatic heterocycles. The molecule has 0 fully saturated rings. The quantitative estimate of drug-likeness (QED) is 0.612. The zero-order chi connectivity index (χ0) is 19.2. The van der Waals surface area contributed by atoms with Crippen molar-refractivity contribution in [1.29, 1.82) is 0 Å². The summed E-state index contributed by atoms with van der Waals surface area (Å²) in [6.07, 6.45) is 0. The van der Waals surface area contributed by atoms with Gasteiger partial charge in [-0.3, -0.25) is 10.1 Å². The van der Waals surface area contributed by atoms with E-state index in [0.29, 0.717) is 35.4 Å². The average Bonchev–Trinajstić information content (AvgIpc) is 3.04. The van der Waals surface area contributed by atoms with Crippen LogP contribution in [0.4, 0.5) is 5.13 Å². The number of hydrogen-bond acceptors (Lipinski definition) is 5. The second-order valence-electron chi connectivity index (χ2n) is 5.77. The fourth-order valence-corrected chi connectivity index (χ4v) is 3.51. The molecule has 2 aromatic carbocycles. The van der Waals surface area contributed by atoms with Crippen LogP contribution in [0.15, 0.2) is 48.5 Å². The van der Waals surface area contributed by atoms with Crippen LogP contribution in [0.3, 0.4) is 0 Å². The van der Waals surface area contributed by atoms with Crippen molar-refractivity contribution in [2.75, 3.05) is 18.5 Å². The van der Waals surface area contributed by atoms with Gasteiger partial charge in [0.1, 0.15) is 0 Å². The third-order valence-electron chi connectivity index (χ3n) is 3.87. The number of anilines is 1. The number of hydrogen-bond donors (Lipinski definition) is 1. The van der Waals surface area contributed by atoms with E-state index >= 15 is 0 Å². The van der Waals surface area contributed by atoms with Crippen LogP contribution < -0.4 is 14.8 Å². The summed E-state index contributed by atoms with van der Waals surface area (Å²) in [5, 5.41) is 3.45. The Morgan fingerprint density at radius 2 is 1.74 bits per heavy atom. The van der Waals surface area contributed by atoms with Crippen molar-refractivity contribution in [1.82, 2.24) is 4.98 Å². The number of nitrogens with one attached hydrogen (secondary N) is 1. The number of thiazole rings is 1. The number of nitrogens with zero attached hydrogens (tertiary/aromatic N) is 1. The highest BCUT2D eigenvalue weighted by Gasteiger charge is 2.15. The van der Waals surface area contributed by atoms with E-state index in [1.54, 1.807) is 18.2 Å². The molecule has 3 aromatic rings. The van der Waals surface area contributed by atoms with Crippen LogP contribution in [0.5, 0.6) is 11.5 Å².